The van der Waals surface area contributed by atoms with Crippen molar-refractivity contribution in [2.45, 2.75) is 13.5 Å². The maximum absolute atomic E-state index is 12.4. The van der Waals surface area contributed by atoms with Gasteiger partial charge in [-0.2, -0.15) is 0 Å². The number of hydrogen-bond donors (Lipinski definition) is 0. The number of thioether (sulfide) groups is 1. The highest BCUT2D eigenvalue weighted by molar-refractivity contribution is 8.18. The summed E-state index contributed by atoms with van der Waals surface area (Å²) in [4.78, 5) is 26.3. The second-order valence-corrected chi connectivity index (χ2v) is 6.16. The molecule has 110 valence electrons. The van der Waals surface area contributed by atoms with E-state index in [1.807, 2.05) is 61.5 Å². The summed E-state index contributed by atoms with van der Waals surface area (Å²) in [5.74, 6) is -0.222. The molecule has 1 saturated heterocycles. The van der Waals surface area contributed by atoms with Crippen molar-refractivity contribution in [3.05, 3.63) is 76.2 Å². The molecule has 0 radical (unpaired) electrons. The second kappa shape index (κ2) is 6.20. The lowest BCUT2D eigenvalue weighted by atomic mass is 10.1. The minimum absolute atomic E-state index is 0.214. The van der Waals surface area contributed by atoms with Crippen LogP contribution < -0.4 is 0 Å². The molecule has 1 aliphatic rings. The fraction of sp³-hybridized carbons (Fsp3) is 0.111. The number of nitrogens with zero attached hydrogens (tertiary/aromatic N) is 1. The molecule has 0 atom stereocenters. The van der Waals surface area contributed by atoms with Crippen LogP contribution in [0.2, 0.25) is 0 Å². The van der Waals surface area contributed by atoms with E-state index in [0.717, 1.165) is 28.5 Å². The normalized spacial score (nSPS) is 16.6. The van der Waals surface area contributed by atoms with Gasteiger partial charge in [0.05, 0.1) is 11.4 Å². The Balaban J connectivity index is 1.81. The summed E-state index contributed by atoms with van der Waals surface area (Å²) in [5.41, 5.74) is 3.00. The van der Waals surface area contributed by atoms with Gasteiger partial charge in [0.15, 0.2) is 0 Å². The number of aryl methyl sites for hydroxylation is 1. The summed E-state index contributed by atoms with van der Waals surface area (Å²) in [6.45, 7) is 2.31. The van der Waals surface area contributed by atoms with Crippen LogP contribution in [0.5, 0.6) is 0 Å². The Morgan fingerprint density at radius 3 is 2.55 bits per heavy atom. The van der Waals surface area contributed by atoms with Gasteiger partial charge in [-0.1, -0.05) is 60.2 Å². The highest BCUT2D eigenvalue weighted by Crippen LogP contribution is 2.33. The van der Waals surface area contributed by atoms with Crippen LogP contribution in [0.25, 0.3) is 6.08 Å². The van der Waals surface area contributed by atoms with Crippen LogP contribution in [0.15, 0.2) is 59.5 Å². The van der Waals surface area contributed by atoms with Crippen LogP contribution >= 0.6 is 11.8 Å². The SMILES string of the molecule is Cc1cccc(CN2C(=O)S/C(=C\c3ccccc3)C2=O)c1. The Kier molecular flexibility index (Phi) is 4.11. The molecule has 3 rings (SSSR count). The van der Waals surface area contributed by atoms with E-state index in [2.05, 4.69) is 0 Å². The average molecular weight is 309 g/mol. The first-order chi connectivity index (χ1) is 10.6. The minimum atomic E-state index is -0.222. The molecule has 0 unspecified atom stereocenters. The lowest BCUT2D eigenvalue weighted by molar-refractivity contribution is -0.123. The lowest BCUT2D eigenvalue weighted by Gasteiger charge is -2.12. The predicted molar refractivity (Wildman–Crippen MR) is 89.1 cm³/mol. The molecule has 22 heavy (non-hydrogen) atoms. The van der Waals surface area contributed by atoms with E-state index in [1.165, 1.54) is 4.90 Å². The molecule has 1 fully saturated rings. The molecule has 0 saturated carbocycles. The lowest BCUT2D eigenvalue weighted by Crippen LogP contribution is -2.27. The number of amides is 2. The first-order valence-electron chi connectivity index (χ1n) is 6.99. The Hall–Kier alpha value is -2.33. The molecular weight excluding hydrogens is 294 g/mol. The third-order valence-electron chi connectivity index (χ3n) is 3.39. The van der Waals surface area contributed by atoms with E-state index < -0.39 is 0 Å². The van der Waals surface area contributed by atoms with Crippen molar-refractivity contribution >= 4 is 29.0 Å². The van der Waals surface area contributed by atoms with E-state index in [9.17, 15) is 9.59 Å². The third-order valence-corrected chi connectivity index (χ3v) is 4.30. The molecule has 0 spiro atoms. The van der Waals surface area contributed by atoms with Crippen molar-refractivity contribution in [1.29, 1.82) is 0 Å². The van der Waals surface area contributed by atoms with Gasteiger partial charge in [-0.3, -0.25) is 14.5 Å². The third kappa shape index (κ3) is 3.12. The molecular formula is C18H15NO2S. The molecule has 2 aromatic carbocycles. The van der Waals surface area contributed by atoms with Gasteiger partial charge < -0.3 is 0 Å². The van der Waals surface area contributed by atoms with Gasteiger partial charge in [0.25, 0.3) is 11.1 Å². The minimum Gasteiger partial charge on any atom is -0.268 e. The standard InChI is InChI=1S/C18H15NO2S/c1-13-6-5-9-15(10-13)12-19-17(20)16(22-18(19)21)11-14-7-3-2-4-8-14/h2-11H,12H2,1H3/b16-11-. The van der Waals surface area contributed by atoms with E-state index >= 15 is 0 Å². The van der Waals surface area contributed by atoms with Crippen molar-refractivity contribution in [2.24, 2.45) is 0 Å². The van der Waals surface area contributed by atoms with Crippen molar-refractivity contribution in [3.8, 4) is 0 Å². The average Bonchev–Trinajstić information content (AvgIpc) is 2.76. The van der Waals surface area contributed by atoms with Crippen LogP contribution in [0.4, 0.5) is 4.79 Å². The molecule has 2 aromatic rings. The first kappa shape index (κ1) is 14.6. The fourth-order valence-corrected chi connectivity index (χ4v) is 3.17. The number of rotatable bonds is 3. The maximum atomic E-state index is 12.4. The Morgan fingerprint density at radius 1 is 1.05 bits per heavy atom. The molecule has 0 bridgehead atoms. The number of carbonyl (C=O) groups is 2. The summed E-state index contributed by atoms with van der Waals surface area (Å²) in [5, 5.41) is -0.214. The van der Waals surface area contributed by atoms with Crippen LogP contribution in [0, 0.1) is 6.92 Å². The Morgan fingerprint density at radius 2 is 1.82 bits per heavy atom. The molecule has 0 aromatic heterocycles. The van der Waals surface area contributed by atoms with Gasteiger partial charge in [0.2, 0.25) is 0 Å². The molecule has 1 heterocycles. The Bertz CT molecular complexity index is 753. The van der Waals surface area contributed by atoms with E-state index in [-0.39, 0.29) is 11.1 Å². The zero-order chi connectivity index (χ0) is 15.5. The van der Waals surface area contributed by atoms with Gasteiger partial charge in [0.1, 0.15) is 0 Å². The molecule has 1 aliphatic heterocycles. The largest absolute Gasteiger partial charge is 0.293 e. The number of hydrogen-bond acceptors (Lipinski definition) is 3. The topological polar surface area (TPSA) is 37.4 Å². The fourth-order valence-electron chi connectivity index (χ4n) is 2.33. The van der Waals surface area contributed by atoms with Gasteiger partial charge in [-0.15, -0.1) is 0 Å². The molecule has 2 amide bonds. The zero-order valence-corrected chi connectivity index (χ0v) is 13.0. The summed E-state index contributed by atoms with van der Waals surface area (Å²) >= 11 is 0.999. The second-order valence-electron chi connectivity index (χ2n) is 5.17. The summed E-state index contributed by atoms with van der Waals surface area (Å²) in [7, 11) is 0. The number of carbonyl (C=O) groups excluding carboxylic acids is 2. The molecule has 3 nitrogen and oxygen atoms in total. The molecule has 0 aliphatic carbocycles. The van der Waals surface area contributed by atoms with Crippen LogP contribution in [0.3, 0.4) is 0 Å². The van der Waals surface area contributed by atoms with E-state index in [1.54, 1.807) is 6.08 Å². The van der Waals surface area contributed by atoms with Gasteiger partial charge in [-0.05, 0) is 35.9 Å². The van der Waals surface area contributed by atoms with E-state index in [0.29, 0.717) is 11.4 Å². The van der Waals surface area contributed by atoms with Crippen molar-refractivity contribution < 1.29 is 9.59 Å². The van der Waals surface area contributed by atoms with Crippen molar-refractivity contribution in [2.75, 3.05) is 0 Å². The molecule has 4 heteroatoms. The van der Waals surface area contributed by atoms with Crippen molar-refractivity contribution in [3.63, 3.8) is 0 Å². The van der Waals surface area contributed by atoms with Crippen molar-refractivity contribution in [1.82, 2.24) is 4.90 Å². The summed E-state index contributed by atoms with van der Waals surface area (Å²) < 4.78 is 0. The summed E-state index contributed by atoms with van der Waals surface area (Å²) in [6, 6.07) is 17.4. The quantitative estimate of drug-likeness (QED) is 0.796. The Labute approximate surface area is 133 Å². The van der Waals surface area contributed by atoms with E-state index in [4.69, 9.17) is 0 Å². The monoisotopic (exact) mass is 309 g/mol. The maximum Gasteiger partial charge on any atom is 0.293 e. The number of imide groups is 1. The van der Waals surface area contributed by atoms with Crippen LogP contribution in [0.1, 0.15) is 16.7 Å². The predicted octanol–water partition coefficient (Wildman–Crippen LogP) is 4.23. The smallest absolute Gasteiger partial charge is 0.268 e. The number of benzene rings is 2. The van der Waals surface area contributed by atoms with Gasteiger partial charge in [-0.25, -0.2) is 0 Å². The molecule has 0 N–H and O–H groups in total. The van der Waals surface area contributed by atoms with Crippen LogP contribution in [-0.4, -0.2) is 16.0 Å². The highest BCUT2D eigenvalue weighted by Gasteiger charge is 2.34. The van der Waals surface area contributed by atoms with Crippen LogP contribution in [-0.2, 0) is 11.3 Å². The summed E-state index contributed by atoms with van der Waals surface area (Å²) in [6.07, 6.45) is 1.77. The highest BCUT2D eigenvalue weighted by atomic mass is 32.2. The van der Waals surface area contributed by atoms with Gasteiger partial charge >= 0.3 is 0 Å². The van der Waals surface area contributed by atoms with Gasteiger partial charge in [0, 0.05) is 0 Å². The zero-order valence-electron chi connectivity index (χ0n) is 12.2. The first-order valence-corrected chi connectivity index (χ1v) is 7.81.